The Kier molecular flexibility index (Phi) is 7.88. The molecule has 0 bridgehead atoms. The number of aryl methyl sites for hydroxylation is 1. The fourth-order valence-corrected chi connectivity index (χ4v) is 4.58. The number of ether oxygens (including phenoxy) is 2. The molecule has 2 aliphatic rings. The van der Waals surface area contributed by atoms with Crippen LogP contribution in [0.1, 0.15) is 34.5 Å². The Labute approximate surface area is 216 Å². The van der Waals surface area contributed by atoms with Crippen molar-refractivity contribution in [3.63, 3.8) is 0 Å². The zero-order valence-corrected chi connectivity index (χ0v) is 21.1. The van der Waals surface area contributed by atoms with Crippen molar-refractivity contribution in [2.24, 2.45) is 5.73 Å². The highest BCUT2D eigenvalue weighted by Crippen LogP contribution is 2.31. The Morgan fingerprint density at radius 1 is 1.00 bits per heavy atom. The van der Waals surface area contributed by atoms with Crippen LogP contribution < -0.4 is 16.4 Å². The second-order valence-electron chi connectivity index (χ2n) is 9.39. The molecule has 2 saturated heterocycles. The molecule has 5 rings (SSSR count). The van der Waals surface area contributed by atoms with Crippen molar-refractivity contribution in [1.29, 1.82) is 0 Å². The van der Waals surface area contributed by atoms with Gasteiger partial charge in [-0.25, -0.2) is 9.97 Å². The summed E-state index contributed by atoms with van der Waals surface area (Å²) in [6.45, 7) is 7.60. The number of nitrogens with one attached hydrogen (secondary N) is 2. The van der Waals surface area contributed by atoms with Gasteiger partial charge in [-0.05, 0) is 49.1 Å². The largest absolute Gasteiger partial charge is 0.381 e. The van der Waals surface area contributed by atoms with Gasteiger partial charge < -0.3 is 25.8 Å². The van der Waals surface area contributed by atoms with E-state index in [2.05, 4.69) is 37.6 Å². The molecule has 1 amide bonds. The molecule has 0 atom stereocenters. The highest BCUT2D eigenvalue weighted by molar-refractivity contribution is 5.97. The fourth-order valence-electron chi connectivity index (χ4n) is 4.58. The van der Waals surface area contributed by atoms with Crippen LogP contribution in [0.2, 0.25) is 0 Å². The predicted octanol–water partition coefficient (Wildman–Crippen LogP) is 3.11. The first kappa shape index (κ1) is 25.1. The lowest BCUT2D eigenvalue weighted by Gasteiger charge is -2.26. The third-order valence-corrected chi connectivity index (χ3v) is 6.65. The Balaban J connectivity index is 1.45. The molecule has 0 unspecified atom stereocenters. The van der Waals surface area contributed by atoms with Crippen molar-refractivity contribution in [1.82, 2.24) is 19.9 Å². The molecule has 194 valence electrons. The van der Waals surface area contributed by atoms with E-state index in [0.29, 0.717) is 36.2 Å². The molecular weight excluding hydrogens is 470 g/mol. The first-order valence-corrected chi connectivity index (χ1v) is 12.7. The van der Waals surface area contributed by atoms with Crippen LogP contribution in [0.25, 0.3) is 11.4 Å². The number of primary amides is 1. The molecule has 4 heterocycles. The molecule has 10 nitrogen and oxygen atoms in total. The molecule has 1 aromatic carbocycles. The van der Waals surface area contributed by atoms with Crippen molar-refractivity contribution in [3.8, 4) is 11.4 Å². The maximum absolute atomic E-state index is 12.5. The van der Waals surface area contributed by atoms with Gasteiger partial charge in [0, 0.05) is 50.8 Å². The van der Waals surface area contributed by atoms with Crippen LogP contribution in [0.5, 0.6) is 0 Å². The monoisotopic (exact) mass is 503 g/mol. The maximum Gasteiger partial charge on any atom is 0.271 e. The number of morpholine rings is 1. The van der Waals surface area contributed by atoms with Crippen LogP contribution >= 0.6 is 0 Å². The van der Waals surface area contributed by atoms with E-state index in [1.807, 2.05) is 31.2 Å². The molecule has 0 radical (unpaired) electrons. The fraction of sp³-hybridized carbons (Fsp3) is 0.407. The van der Waals surface area contributed by atoms with Crippen molar-refractivity contribution in [2.45, 2.75) is 32.4 Å². The van der Waals surface area contributed by atoms with Gasteiger partial charge >= 0.3 is 0 Å². The van der Waals surface area contributed by atoms with Crippen LogP contribution in [0.4, 0.5) is 17.3 Å². The smallest absolute Gasteiger partial charge is 0.271 e. The van der Waals surface area contributed by atoms with Crippen molar-refractivity contribution in [2.75, 3.05) is 50.2 Å². The summed E-state index contributed by atoms with van der Waals surface area (Å²) in [4.78, 5) is 28.9. The van der Waals surface area contributed by atoms with Gasteiger partial charge in [0.05, 0.1) is 18.9 Å². The topological polar surface area (TPSA) is 128 Å². The van der Waals surface area contributed by atoms with Gasteiger partial charge in [0.2, 0.25) is 0 Å². The number of hydrogen-bond acceptors (Lipinski definition) is 9. The number of rotatable bonds is 8. The molecule has 10 heteroatoms. The predicted molar refractivity (Wildman–Crippen MR) is 142 cm³/mol. The highest BCUT2D eigenvalue weighted by Gasteiger charge is 2.23. The molecule has 37 heavy (non-hydrogen) atoms. The minimum Gasteiger partial charge on any atom is -0.381 e. The van der Waals surface area contributed by atoms with Gasteiger partial charge in [-0.1, -0.05) is 18.2 Å². The molecule has 4 N–H and O–H groups in total. The molecular formula is C27H33N7O3. The van der Waals surface area contributed by atoms with Crippen LogP contribution in [0.15, 0.2) is 42.6 Å². The van der Waals surface area contributed by atoms with E-state index in [0.717, 1.165) is 56.9 Å². The molecule has 2 aliphatic heterocycles. The average molecular weight is 504 g/mol. The SMILES string of the molecule is Cc1cccnc1-c1nc(C(N)=O)c(Nc2ccc(CN3CCOCC3)cc2)nc1NC1CCOCC1. The van der Waals surface area contributed by atoms with Gasteiger partial charge in [0.15, 0.2) is 17.3 Å². The number of nitrogens with zero attached hydrogens (tertiary/aromatic N) is 4. The summed E-state index contributed by atoms with van der Waals surface area (Å²) in [6.07, 6.45) is 3.41. The number of carbonyl (C=O) groups is 1. The number of hydrogen-bond donors (Lipinski definition) is 3. The lowest BCUT2D eigenvalue weighted by Crippen LogP contribution is -2.35. The number of benzene rings is 1. The molecule has 0 spiro atoms. The normalized spacial score (nSPS) is 16.9. The quantitative estimate of drug-likeness (QED) is 0.425. The summed E-state index contributed by atoms with van der Waals surface area (Å²) >= 11 is 0. The Morgan fingerprint density at radius 2 is 1.73 bits per heavy atom. The van der Waals surface area contributed by atoms with Crippen molar-refractivity contribution >= 4 is 23.2 Å². The summed E-state index contributed by atoms with van der Waals surface area (Å²) < 4.78 is 10.9. The van der Waals surface area contributed by atoms with Crippen LogP contribution in [-0.4, -0.2) is 71.3 Å². The zero-order chi connectivity index (χ0) is 25.6. The van der Waals surface area contributed by atoms with E-state index < -0.39 is 5.91 Å². The maximum atomic E-state index is 12.5. The third-order valence-electron chi connectivity index (χ3n) is 6.65. The van der Waals surface area contributed by atoms with Crippen molar-refractivity contribution in [3.05, 3.63) is 59.4 Å². The van der Waals surface area contributed by atoms with E-state index in [-0.39, 0.29) is 11.7 Å². The lowest BCUT2D eigenvalue weighted by molar-refractivity contribution is 0.0342. The number of carbonyl (C=O) groups excluding carboxylic acids is 1. The van der Waals surface area contributed by atoms with Gasteiger partial charge in [-0.2, -0.15) is 0 Å². The summed E-state index contributed by atoms with van der Waals surface area (Å²) in [6, 6.07) is 12.1. The van der Waals surface area contributed by atoms with Crippen LogP contribution in [0, 0.1) is 6.92 Å². The minimum absolute atomic E-state index is 0.0648. The van der Waals surface area contributed by atoms with Crippen molar-refractivity contribution < 1.29 is 14.3 Å². The highest BCUT2D eigenvalue weighted by atomic mass is 16.5. The van der Waals surface area contributed by atoms with E-state index in [1.165, 1.54) is 5.56 Å². The zero-order valence-electron chi connectivity index (χ0n) is 21.1. The summed E-state index contributed by atoms with van der Waals surface area (Å²) in [7, 11) is 0. The molecule has 3 aromatic rings. The minimum atomic E-state index is -0.661. The summed E-state index contributed by atoms with van der Waals surface area (Å²) in [5, 5.41) is 6.78. The number of pyridine rings is 1. The summed E-state index contributed by atoms with van der Waals surface area (Å²) in [5.41, 5.74) is 9.92. The number of anilines is 3. The van der Waals surface area contributed by atoms with Crippen LogP contribution in [-0.2, 0) is 16.0 Å². The third kappa shape index (κ3) is 6.22. The van der Waals surface area contributed by atoms with Gasteiger partial charge in [0.1, 0.15) is 5.69 Å². The first-order chi connectivity index (χ1) is 18.1. The van der Waals surface area contributed by atoms with E-state index in [4.69, 9.17) is 20.2 Å². The molecule has 2 fully saturated rings. The molecule has 0 saturated carbocycles. The molecule has 0 aliphatic carbocycles. The molecule has 2 aromatic heterocycles. The van der Waals surface area contributed by atoms with E-state index in [9.17, 15) is 4.79 Å². The van der Waals surface area contributed by atoms with Crippen LogP contribution in [0.3, 0.4) is 0 Å². The Morgan fingerprint density at radius 3 is 2.43 bits per heavy atom. The van der Waals surface area contributed by atoms with E-state index >= 15 is 0 Å². The van der Waals surface area contributed by atoms with Gasteiger partial charge in [0.25, 0.3) is 5.91 Å². The Bertz CT molecular complexity index is 1220. The lowest BCUT2D eigenvalue weighted by atomic mass is 10.1. The summed E-state index contributed by atoms with van der Waals surface area (Å²) in [5.74, 6) is 0.205. The van der Waals surface area contributed by atoms with Gasteiger partial charge in [-0.3, -0.25) is 14.7 Å². The second kappa shape index (κ2) is 11.6. The average Bonchev–Trinajstić information content (AvgIpc) is 2.91. The number of amides is 1. The second-order valence-corrected chi connectivity index (χ2v) is 9.39. The first-order valence-electron chi connectivity index (χ1n) is 12.7. The van der Waals surface area contributed by atoms with E-state index in [1.54, 1.807) is 6.20 Å². The number of nitrogens with two attached hydrogens (primary N) is 1. The Hall–Kier alpha value is -3.60. The standard InChI is InChI=1S/C27H33N7O3/c1-18-3-2-10-29-22(18)23-26(31-21-8-13-36-14-9-21)33-27(24(32-23)25(28)35)30-20-6-4-19(5-7-20)17-34-11-15-37-16-12-34/h2-7,10,21H,8-9,11-17H2,1H3,(H2,28,35)(H2,30,31,33). The number of aromatic nitrogens is 3. The van der Waals surface area contributed by atoms with Gasteiger partial charge in [-0.15, -0.1) is 0 Å².